The monoisotopic (exact) mass is 391 g/mol. The fourth-order valence-electron chi connectivity index (χ4n) is 2.49. The van der Waals surface area contributed by atoms with E-state index in [-0.39, 0.29) is 18.6 Å². The maximum absolute atomic E-state index is 12.1. The predicted octanol–water partition coefficient (Wildman–Crippen LogP) is 3.45. The van der Waals surface area contributed by atoms with Gasteiger partial charge in [0, 0.05) is 23.3 Å². The Bertz CT molecular complexity index is 811. The van der Waals surface area contributed by atoms with Gasteiger partial charge in [-0.25, -0.2) is 0 Å². The minimum absolute atomic E-state index is 0.121. The molecular weight excluding hydrogens is 366 g/mol. The molecule has 1 unspecified atom stereocenters. The van der Waals surface area contributed by atoms with Crippen LogP contribution in [0.2, 0.25) is 0 Å². The van der Waals surface area contributed by atoms with Gasteiger partial charge in [0.15, 0.2) is 11.5 Å². The van der Waals surface area contributed by atoms with Gasteiger partial charge >= 0.3 is 0 Å². The molecule has 0 spiro atoms. The molecule has 146 valence electrons. The van der Waals surface area contributed by atoms with Gasteiger partial charge in [-0.15, -0.1) is 11.6 Å². The van der Waals surface area contributed by atoms with Crippen molar-refractivity contribution in [3.05, 3.63) is 47.0 Å². The van der Waals surface area contributed by atoms with Gasteiger partial charge in [-0.2, -0.15) is 0 Å². The molecule has 2 aromatic rings. The number of anilines is 2. The van der Waals surface area contributed by atoms with Crippen LogP contribution >= 0.6 is 11.6 Å². The third-order valence-corrected chi connectivity index (χ3v) is 4.56. The van der Waals surface area contributed by atoms with Gasteiger partial charge in [-0.1, -0.05) is 6.07 Å². The Kier molecular flexibility index (Phi) is 7.33. The summed E-state index contributed by atoms with van der Waals surface area (Å²) >= 11 is 6.00. The van der Waals surface area contributed by atoms with Crippen molar-refractivity contribution >= 4 is 28.9 Å². The number of hydrogen-bond acceptors (Lipinski definition) is 5. The summed E-state index contributed by atoms with van der Waals surface area (Å²) in [7, 11) is 3.32. The highest BCUT2D eigenvalue weighted by Gasteiger charge is 2.12. The number of nitrogen functional groups attached to an aromatic ring is 1. The van der Waals surface area contributed by atoms with E-state index >= 15 is 0 Å². The normalized spacial score (nSPS) is 11.7. The molecule has 0 aliphatic carbocycles. The number of alkyl halides is 1. The number of nitrogens with two attached hydrogens (primary N) is 1. The summed E-state index contributed by atoms with van der Waals surface area (Å²) in [6, 6.07) is 8.93. The molecule has 0 fully saturated rings. The number of nitrogens with one attached hydrogen (secondary N) is 2. The molecule has 27 heavy (non-hydrogen) atoms. The van der Waals surface area contributed by atoms with Gasteiger partial charge in [-0.05, 0) is 55.8 Å². The first-order valence-electron chi connectivity index (χ1n) is 8.61. The zero-order valence-corrected chi connectivity index (χ0v) is 16.8. The second-order valence-electron chi connectivity index (χ2n) is 6.32. The average molecular weight is 392 g/mol. The Balaban J connectivity index is 2.20. The number of aryl methyl sites for hydroxylation is 1. The highest BCUT2D eigenvalue weighted by atomic mass is 35.5. The van der Waals surface area contributed by atoms with Crippen LogP contribution in [-0.2, 0) is 17.3 Å². The maximum atomic E-state index is 12.1. The molecule has 0 radical (unpaired) electrons. The minimum Gasteiger partial charge on any atom is -0.493 e. The lowest BCUT2D eigenvalue weighted by atomic mass is 10.1. The Hall–Kier alpha value is -2.44. The second kappa shape index (κ2) is 9.48. The first-order valence-corrected chi connectivity index (χ1v) is 9.15. The van der Waals surface area contributed by atoms with E-state index < -0.39 is 0 Å². The van der Waals surface area contributed by atoms with Crippen molar-refractivity contribution in [3.63, 3.8) is 0 Å². The van der Waals surface area contributed by atoms with Crippen LogP contribution in [0, 0.1) is 6.92 Å². The minimum atomic E-state index is -0.302. The van der Waals surface area contributed by atoms with Crippen LogP contribution in [0.25, 0.3) is 0 Å². The van der Waals surface area contributed by atoms with Gasteiger partial charge in [0.25, 0.3) is 0 Å². The lowest BCUT2D eigenvalue weighted by molar-refractivity contribution is -0.117. The fourth-order valence-corrected chi connectivity index (χ4v) is 2.64. The van der Waals surface area contributed by atoms with Gasteiger partial charge in [0.05, 0.1) is 13.2 Å². The summed E-state index contributed by atoms with van der Waals surface area (Å²) in [5, 5.41) is 5.79. The molecule has 1 atom stereocenters. The molecule has 0 saturated heterocycles. The maximum Gasteiger partial charge on any atom is 0.241 e. The second-order valence-corrected chi connectivity index (χ2v) is 6.59. The van der Waals surface area contributed by atoms with Gasteiger partial charge < -0.3 is 25.8 Å². The summed E-state index contributed by atoms with van der Waals surface area (Å²) in [4.78, 5) is 12.1. The standard InChI is InChI=1S/C20H26ClN3O3/c1-12-5-18(26-4)19(9-17(12)22)27-11-15-6-14(10-21)7-16(8-15)24-20(25)13(2)23-3/h5-9,13,23H,10-11,22H2,1-4H3,(H,24,25). The smallest absolute Gasteiger partial charge is 0.241 e. The van der Waals surface area contributed by atoms with Crippen molar-refractivity contribution in [1.82, 2.24) is 5.32 Å². The molecule has 0 aliphatic rings. The van der Waals surface area contributed by atoms with Crippen LogP contribution < -0.4 is 25.8 Å². The molecule has 0 aliphatic heterocycles. The summed E-state index contributed by atoms with van der Waals surface area (Å²) in [5.74, 6) is 1.39. The van der Waals surface area contributed by atoms with Crippen molar-refractivity contribution in [2.75, 3.05) is 25.2 Å². The molecule has 4 N–H and O–H groups in total. The van der Waals surface area contributed by atoms with Crippen molar-refractivity contribution < 1.29 is 14.3 Å². The molecule has 2 aromatic carbocycles. The van der Waals surface area contributed by atoms with E-state index in [1.54, 1.807) is 27.1 Å². The highest BCUT2D eigenvalue weighted by molar-refractivity contribution is 6.17. The molecule has 0 bridgehead atoms. The molecule has 0 heterocycles. The van der Waals surface area contributed by atoms with Gasteiger partial charge in [-0.3, -0.25) is 4.79 Å². The number of rotatable bonds is 8. The number of ether oxygens (including phenoxy) is 2. The third kappa shape index (κ3) is 5.52. The van der Waals surface area contributed by atoms with Crippen molar-refractivity contribution in [2.24, 2.45) is 0 Å². The lowest BCUT2D eigenvalue weighted by Crippen LogP contribution is -2.35. The zero-order valence-electron chi connectivity index (χ0n) is 16.1. The number of halogens is 1. The lowest BCUT2D eigenvalue weighted by Gasteiger charge is -2.15. The number of methoxy groups -OCH3 is 1. The average Bonchev–Trinajstić information content (AvgIpc) is 2.67. The predicted molar refractivity (Wildman–Crippen MR) is 110 cm³/mol. The number of carbonyl (C=O) groups is 1. The molecule has 7 heteroatoms. The molecular formula is C20H26ClN3O3. The van der Waals surface area contributed by atoms with Crippen LogP contribution in [0.15, 0.2) is 30.3 Å². The van der Waals surface area contributed by atoms with E-state index in [2.05, 4.69) is 10.6 Å². The molecule has 2 rings (SSSR count). The number of hydrogen-bond donors (Lipinski definition) is 3. The van der Waals surface area contributed by atoms with Crippen molar-refractivity contribution in [1.29, 1.82) is 0 Å². The SMILES string of the molecule is CNC(C)C(=O)Nc1cc(CCl)cc(COc2cc(N)c(C)cc2OC)c1. The van der Waals surface area contributed by atoms with E-state index in [4.69, 9.17) is 26.8 Å². The number of amides is 1. The largest absolute Gasteiger partial charge is 0.493 e. The van der Waals surface area contributed by atoms with E-state index in [0.717, 1.165) is 16.7 Å². The number of carbonyl (C=O) groups excluding carboxylic acids is 1. The summed E-state index contributed by atoms with van der Waals surface area (Å²) in [6.45, 7) is 3.99. The summed E-state index contributed by atoms with van der Waals surface area (Å²) < 4.78 is 11.3. The Morgan fingerprint density at radius 2 is 1.89 bits per heavy atom. The van der Waals surface area contributed by atoms with E-state index in [0.29, 0.717) is 28.8 Å². The van der Waals surface area contributed by atoms with Crippen LogP contribution in [0.4, 0.5) is 11.4 Å². The van der Waals surface area contributed by atoms with Crippen LogP contribution in [-0.4, -0.2) is 26.1 Å². The first kappa shape index (κ1) is 20.9. The fraction of sp³-hybridized carbons (Fsp3) is 0.350. The van der Waals surface area contributed by atoms with E-state index in [9.17, 15) is 4.79 Å². The number of likely N-dealkylation sites (N-methyl/N-ethyl adjacent to an activating group) is 1. The molecule has 6 nitrogen and oxygen atoms in total. The molecule has 0 saturated carbocycles. The van der Waals surface area contributed by atoms with E-state index in [1.165, 1.54) is 0 Å². The Morgan fingerprint density at radius 1 is 1.19 bits per heavy atom. The summed E-state index contributed by atoms with van der Waals surface area (Å²) in [5.41, 5.74) is 9.97. The topological polar surface area (TPSA) is 85.6 Å². The van der Waals surface area contributed by atoms with Crippen LogP contribution in [0.5, 0.6) is 11.5 Å². The van der Waals surface area contributed by atoms with Crippen molar-refractivity contribution in [2.45, 2.75) is 32.4 Å². The van der Waals surface area contributed by atoms with Crippen LogP contribution in [0.3, 0.4) is 0 Å². The Labute approximate surface area is 165 Å². The van der Waals surface area contributed by atoms with E-state index in [1.807, 2.05) is 31.2 Å². The van der Waals surface area contributed by atoms with Crippen molar-refractivity contribution in [3.8, 4) is 11.5 Å². The van der Waals surface area contributed by atoms with Gasteiger partial charge in [0.1, 0.15) is 6.61 Å². The number of benzene rings is 2. The van der Waals surface area contributed by atoms with Crippen LogP contribution in [0.1, 0.15) is 23.6 Å². The first-order chi connectivity index (χ1) is 12.9. The molecule has 0 aromatic heterocycles. The Morgan fingerprint density at radius 3 is 2.52 bits per heavy atom. The zero-order chi connectivity index (χ0) is 20.0. The molecule has 1 amide bonds. The summed E-state index contributed by atoms with van der Waals surface area (Å²) in [6.07, 6.45) is 0. The quantitative estimate of drug-likeness (QED) is 0.474. The van der Waals surface area contributed by atoms with Gasteiger partial charge in [0.2, 0.25) is 5.91 Å². The third-order valence-electron chi connectivity index (χ3n) is 4.25. The highest BCUT2D eigenvalue weighted by Crippen LogP contribution is 2.32.